The summed E-state index contributed by atoms with van der Waals surface area (Å²) >= 11 is 0. The smallest absolute Gasteiger partial charge is 0.350 e. The number of carbonyl (C=O) groups is 1. The summed E-state index contributed by atoms with van der Waals surface area (Å²) in [6.45, 7) is 0. The summed E-state index contributed by atoms with van der Waals surface area (Å²) in [5.41, 5.74) is 9.67. The second kappa shape index (κ2) is 4.00. The van der Waals surface area contributed by atoms with Gasteiger partial charge >= 0.3 is 5.69 Å². The van der Waals surface area contributed by atoms with Crippen molar-refractivity contribution in [1.82, 2.24) is 9.55 Å². The highest BCUT2D eigenvalue weighted by molar-refractivity contribution is 5.79. The number of anilines is 1. The predicted molar refractivity (Wildman–Crippen MR) is 58.3 cm³/mol. The van der Waals surface area contributed by atoms with Gasteiger partial charge in [0.05, 0.1) is 12.0 Å². The molecule has 1 aliphatic rings. The lowest BCUT2D eigenvalue weighted by Gasteiger charge is -2.13. The Kier molecular flexibility index (Phi) is 2.66. The van der Waals surface area contributed by atoms with Crippen LogP contribution in [0.1, 0.15) is 12.5 Å². The summed E-state index contributed by atoms with van der Waals surface area (Å²) in [5.74, 6) is -2.10. The van der Waals surface area contributed by atoms with Gasteiger partial charge in [0.2, 0.25) is 5.91 Å². The zero-order valence-electron chi connectivity index (χ0n) is 8.84. The Hall–Kier alpha value is -2.18. The third-order valence-electron chi connectivity index (χ3n) is 2.72. The van der Waals surface area contributed by atoms with Crippen LogP contribution >= 0.6 is 0 Å². The van der Waals surface area contributed by atoms with Crippen molar-refractivity contribution in [2.75, 3.05) is 5.73 Å². The zero-order valence-corrected chi connectivity index (χ0v) is 8.84. The molecular formula is C10H11FN4O2. The molecule has 1 aromatic rings. The van der Waals surface area contributed by atoms with Crippen LogP contribution in [0.15, 0.2) is 23.1 Å². The number of nitrogen functional groups attached to an aromatic ring is 1. The van der Waals surface area contributed by atoms with Gasteiger partial charge < -0.3 is 11.5 Å². The molecule has 17 heavy (non-hydrogen) atoms. The summed E-state index contributed by atoms with van der Waals surface area (Å²) < 4.78 is 14.3. The Morgan fingerprint density at radius 3 is 2.82 bits per heavy atom. The summed E-state index contributed by atoms with van der Waals surface area (Å²) in [5, 5.41) is 0. The first kappa shape index (κ1) is 11.3. The Balaban J connectivity index is 2.32. The van der Waals surface area contributed by atoms with E-state index < -0.39 is 35.2 Å². The molecule has 6 nitrogen and oxygen atoms in total. The van der Waals surface area contributed by atoms with E-state index in [9.17, 15) is 14.0 Å². The topological polar surface area (TPSA) is 104 Å². The highest BCUT2D eigenvalue weighted by Gasteiger charge is 2.25. The first-order valence-electron chi connectivity index (χ1n) is 5.01. The number of aromatic nitrogens is 2. The van der Waals surface area contributed by atoms with Gasteiger partial charge in [-0.1, -0.05) is 12.2 Å². The summed E-state index contributed by atoms with van der Waals surface area (Å²) in [7, 11) is 0. The van der Waals surface area contributed by atoms with E-state index in [0.29, 0.717) is 6.42 Å². The average molecular weight is 238 g/mol. The molecule has 0 spiro atoms. The van der Waals surface area contributed by atoms with E-state index in [1.807, 2.05) is 0 Å². The molecule has 0 saturated carbocycles. The van der Waals surface area contributed by atoms with Gasteiger partial charge in [0.25, 0.3) is 0 Å². The molecule has 90 valence electrons. The molecule has 0 aromatic carbocycles. The standard InChI is InChI=1S/C10H11FN4O2/c11-7-4-15(10(17)14-8(7)12)6-2-1-5(3-6)9(13)16/h1-2,4-6H,3H2,(H2,13,16)(H2,12,14,17). The molecule has 1 aliphatic carbocycles. The number of carbonyl (C=O) groups excluding carboxylic acids is 1. The number of halogens is 1. The molecule has 0 aliphatic heterocycles. The van der Waals surface area contributed by atoms with Gasteiger partial charge in [-0.3, -0.25) is 9.36 Å². The monoisotopic (exact) mass is 238 g/mol. The van der Waals surface area contributed by atoms with Crippen molar-refractivity contribution in [3.8, 4) is 0 Å². The van der Waals surface area contributed by atoms with E-state index in [-0.39, 0.29) is 0 Å². The Morgan fingerprint density at radius 2 is 2.24 bits per heavy atom. The highest BCUT2D eigenvalue weighted by atomic mass is 19.1. The van der Waals surface area contributed by atoms with Crippen LogP contribution in [-0.4, -0.2) is 15.5 Å². The maximum Gasteiger partial charge on any atom is 0.350 e. The lowest BCUT2D eigenvalue weighted by Crippen LogP contribution is -2.28. The third-order valence-corrected chi connectivity index (χ3v) is 2.72. The molecule has 1 aromatic heterocycles. The van der Waals surface area contributed by atoms with Gasteiger partial charge in [0, 0.05) is 6.20 Å². The highest BCUT2D eigenvalue weighted by Crippen LogP contribution is 2.26. The number of primary amides is 1. The van der Waals surface area contributed by atoms with Crippen LogP contribution in [0.25, 0.3) is 0 Å². The Bertz CT molecular complexity index is 552. The number of nitrogens with two attached hydrogens (primary N) is 2. The van der Waals surface area contributed by atoms with Gasteiger partial charge in [-0.05, 0) is 6.42 Å². The lowest BCUT2D eigenvalue weighted by atomic mass is 10.1. The minimum atomic E-state index is -0.763. The quantitative estimate of drug-likeness (QED) is 0.682. The number of rotatable bonds is 2. The zero-order chi connectivity index (χ0) is 12.6. The second-order valence-corrected chi connectivity index (χ2v) is 3.86. The third kappa shape index (κ3) is 2.03. The molecule has 0 saturated heterocycles. The Morgan fingerprint density at radius 1 is 1.53 bits per heavy atom. The minimum absolute atomic E-state index is 0.334. The number of allylic oxidation sites excluding steroid dienone is 1. The Labute approximate surface area is 95.7 Å². The van der Waals surface area contributed by atoms with E-state index in [4.69, 9.17) is 11.5 Å². The fourth-order valence-corrected chi connectivity index (χ4v) is 1.79. The molecule has 0 fully saturated rings. The predicted octanol–water partition coefficient (Wildman–Crippen LogP) is -0.433. The van der Waals surface area contributed by atoms with E-state index in [1.54, 1.807) is 12.2 Å². The van der Waals surface area contributed by atoms with Crippen molar-refractivity contribution >= 4 is 11.7 Å². The fraction of sp³-hybridized carbons (Fsp3) is 0.300. The molecule has 4 N–H and O–H groups in total. The molecule has 1 amide bonds. The average Bonchev–Trinajstić information content (AvgIpc) is 2.72. The summed E-state index contributed by atoms with van der Waals surface area (Å²) in [6, 6.07) is -0.414. The van der Waals surface area contributed by atoms with Crippen LogP contribution in [0.5, 0.6) is 0 Å². The van der Waals surface area contributed by atoms with Crippen molar-refractivity contribution in [3.05, 3.63) is 34.7 Å². The largest absolute Gasteiger partial charge is 0.381 e. The van der Waals surface area contributed by atoms with Crippen LogP contribution < -0.4 is 17.2 Å². The van der Waals surface area contributed by atoms with Crippen LogP contribution in [0.2, 0.25) is 0 Å². The maximum absolute atomic E-state index is 13.2. The van der Waals surface area contributed by atoms with Crippen molar-refractivity contribution in [2.24, 2.45) is 11.7 Å². The number of amides is 1. The normalized spacial score (nSPS) is 22.9. The molecule has 2 rings (SSSR count). The number of hydrogen-bond acceptors (Lipinski definition) is 4. The van der Waals surface area contributed by atoms with Crippen molar-refractivity contribution in [2.45, 2.75) is 12.5 Å². The van der Waals surface area contributed by atoms with Gasteiger partial charge in [-0.25, -0.2) is 9.18 Å². The molecule has 2 atom stereocenters. The van der Waals surface area contributed by atoms with E-state index in [0.717, 1.165) is 10.8 Å². The van der Waals surface area contributed by atoms with E-state index in [2.05, 4.69) is 4.98 Å². The van der Waals surface area contributed by atoms with E-state index in [1.165, 1.54) is 0 Å². The fourth-order valence-electron chi connectivity index (χ4n) is 1.79. The molecule has 1 heterocycles. The van der Waals surface area contributed by atoms with Gasteiger partial charge in [0.15, 0.2) is 11.6 Å². The number of nitrogens with zero attached hydrogens (tertiary/aromatic N) is 2. The second-order valence-electron chi connectivity index (χ2n) is 3.86. The first-order valence-corrected chi connectivity index (χ1v) is 5.01. The molecule has 0 radical (unpaired) electrons. The molecule has 2 unspecified atom stereocenters. The molecular weight excluding hydrogens is 227 g/mol. The van der Waals surface area contributed by atoms with Crippen LogP contribution in [0.3, 0.4) is 0 Å². The summed E-state index contributed by atoms with van der Waals surface area (Å²) in [4.78, 5) is 25.8. The van der Waals surface area contributed by atoms with Crippen LogP contribution in [-0.2, 0) is 4.79 Å². The summed E-state index contributed by atoms with van der Waals surface area (Å²) in [6.07, 6.45) is 4.56. The van der Waals surface area contributed by atoms with Crippen molar-refractivity contribution < 1.29 is 9.18 Å². The van der Waals surface area contributed by atoms with E-state index >= 15 is 0 Å². The van der Waals surface area contributed by atoms with Gasteiger partial charge in [-0.15, -0.1) is 0 Å². The van der Waals surface area contributed by atoms with Crippen molar-refractivity contribution in [3.63, 3.8) is 0 Å². The molecule has 0 bridgehead atoms. The SMILES string of the molecule is NC(=O)C1C=CC(n2cc(F)c(N)nc2=O)C1. The van der Waals surface area contributed by atoms with Gasteiger partial charge in [0.1, 0.15) is 0 Å². The van der Waals surface area contributed by atoms with Crippen LogP contribution in [0.4, 0.5) is 10.2 Å². The first-order chi connectivity index (χ1) is 7.99. The minimum Gasteiger partial charge on any atom is -0.381 e. The van der Waals surface area contributed by atoms with Crippen LogP contribution in [0, 0.1) is 11.7 Å². The number of hydrogen-bond donors (Lipinski definition) is 2. The maximum atomic E-state index is 13.2. The van der Waals surface area contributed by atoms with Gasteiger partial charge in [-0.2, -0.15) is 4.98 Å². The van der Waals surface area contributed by atoms with Crippen molar-refractivity contribution in [1.29, 1.82) is 0 Å². The molecule has 7 heteroatoms. The lowest BCUT2D eigenvalue weighted by molar-refractivity contribution is -0.120.